The average Bonchev–Trinajstić information content (AvgIpc) is 2.25. The van der Waals surface area contributed by atoms with Crippen molar-refractivity contribution in [3.8, 4) is 0 Å². The van der Waals surface area contributed by atoms with Gasteiger partial charge in [0.1, 0.15) is 0 Å². The van der Waals surface area contributed by atoms with Gasteiger partial charge in [-0.3, -0.25) is 4.79 Å². The molecule has 1 N–H and O–H groups in total. The summed E-state index contributed by atoms with van der Waals surface area (Å²) in [6.45, 7) is 14.4. The van der Waals surface area contributed by atoms with Crippen LogP contribution in [0.5, 0.6) is 0 Å². The zero-order chi connectivity index (χ0) is 14.9. The molecule has 0 unspecified atom stereocenters. The molecule has 19 heavy (non-hydrogen) atoms. The molecule has 1 amide bonds. The minimum Gasteiger partial charge on any atom is -0.376 e. The van der Waals surface area contributed by atoms with Crippen LogP contribution in [0, 0.1) is 11.8 Å². The van der Waals surface area contributed by atoms with Crippen molar-refractivity contribution in [1.29, 1.82) is 0 Å². The predicted octanol–water partition coefficient (Wildman–Crippen LogP) is 3.77. The Morgan fingerprint density at radius 3 is 2.21 bits per heavy atom. The second-order valence-electron chi connectivity index (χ2n) is 6.82. The highest BCUT2D eigenvalue weighted by atomic mass is 16.5. The number of carbonyl (C=O) groups is 1. The second kappa shape index (κ2) is 9.35. The summed E-state index contributed by atoms with van der Waals surface area (Å²) < 4.78 is 5.85. The van der Waals surface area contributed by atoms with Crippen molar-refractivity contribution in [3.63, 3.8) is 0 Å². The topological polar surface area (TPSA) is 38.3 Å². The maximum absolute atomic E-state index is 11.7. The first-order valence-electron chi connectivity index (χ1n) is 7.63. The van der Waals surface area contributed by atoms with Gasteiger partial charge in [0.2, 0.25) is 5.91 Å². The van der Waals surface area contributed by atoms with Crippen molar-refractivity contribution >= 4 is 5.91 Å². The lowest BCUT2D eigenvalue weighted by atomic mass is 10.0. The van der Waals surface area contributed by atoms with Gasteiger partial charge in [0.15, 0.2) is 0 Å². The van der Waals surface area contributed by atoms with E-state index in [-0.39, 0.29) is 11.5 Å². The van der Waals surface area contributed by atoms with E-state index in [2.05, 4.69) is 46.9 Å². The molecular weight excluding hydrogens is 238 g/mol. The second-order valence-corrected chi connectivity index (χ2v) is 6.82. The standard InChI is InChI=1S/C16H33NO2/c1-13(2)8-11-17-15(18)7-10-16(5,6)19-12-9-14(3)4/h13-14H,7-12H2,1-6H3,(H,17,18). The van der Waals surface area contributed by atoms with Gasteiger partial charge in [0, 0.05) is 19.6 Å². The van der Waals surface area contributed by atoms with E-state index in [9.17, 15) is 4.79 Å². The molecule has 0 aromatic carbocycles. The number of carbonyl (C=O) groups excluding carboxylic acids is 1. The van der Waals surface area contributed by atoms with Gasteiger partial charge in [-0.25, -0.2) is 0 Å². The molecule has 0 aliphatic carbocycles. The van der Waals surface area contributed by atoms with Crippen LogP contribution >= 0.6 is 0 Å². The molecule has 0 atom stereocenters. The molecule has 0 aliphatic heterocycles. The Labute approximate surface area is 119 Å². The van der Waals surface area contributed by atoms with Crippen LogP contribution < -0.4 is 5.32 Å². The quantitative estimate of drug-likeness (QED) is 0.657. The average molecular weight is 271 g/mol. The monoisotopic (exact) mass is 271 g/mol. The Hall–Kier alpha value is -0.570. The van der Waals surface area contributed by atoms with E-state index in [1.807, 2.05) is 0 Å². The van der Waals surface area contributed by atoms with E-state index < -0.39 is 0 Å². The molecule has 0 rings (SSSR count). The van der Waals surface area contributed by atoms with Crippen molar-refractivity contribution in [2.45, 2.75) is 72.8 Å². The summed E-state index contributed by atoms with van der Waals surface area (Å²) in [6.07, 6.45) is 3.44. The summed E-state index contributed by atoms with van der Waals surface area (Å²) in [5.74, 6) is 1.44. The van der Waals surface area contributed by atoms with Gasteiger partial charge in [-0.1, -0.05) is 27.7 Å². The third-order valence-electron chi connectivity index (χ3n) is 3.19. The van der Waals surface area contributed by atoms with E-state index in [0.717, 1.165) is 32.4 Å². The Bertz CT molecular complexity index is 247. The predicted molar refractivity (Wildman–Crippen MR) is 81.2 cm³/mol. The molecule has 0 heterocycles. The molecule has 114 valence electrons. The van der Waals surface area contributed by atoms with Crippen LogP contribution in [0.4, 0.5) is 0 Å². The summed E-state index contributed by atoms with van der Waals surface area (Å²) in [7, 11) is 0. The number of rotatable bonds is 10. The van der Waals surface area contributed by atoms with Crippen molar-refractivity contribution in [1.82, 2.24) is 5.32 Å². The normalized spacial score (nSPS) is 12.2. The molecule has 0 aliphatic rings. The molecular formula is C16H33NO2. The van der Waals surface area contributed by atoms with Crippen LogP contribution in [0.1, 0.15) is 67.2 Å². The van der Waals surface area contributed by atoms with Crippen LogP contribution in [0.25, 0.3) is 0 Å². The third kappa shape index (κ3) is 12.2. The Balaban J connectivity index is 3.73. The molecule has 0 fully saturated rings. The largest absolute Gasteiger partial charge is 0.376 e. The van der Waals surface area contributed by atoms with Crippen molar-refractivity contribution in [3.05, 3.63) is 0 Å². The van der Waals surface area contributed by atoms with E-state index in [4.69, 9.17) is 4.74 Å². The number of hydrogen-bond acceptors (Lipinski definition) is 2. The lowest BCUT2D eigenvalue weighted by Gasteiger charge is -2.25. The molecule has 0 spiro atoms. The van der Waals surface area contributed by atoms with Gasteiger partial charge in [-0.2, -0.15) is 0 Å². The molecule has 0 aromatic heterocycles. The molecule has 0 saturated carbocycles. The summed E-state index contributed by atoms with van der Waals surface area (Å²) in [4.78, 5) is 11.7. The summed E-state index contributed by atoms with van der Waals surface area (Å²) in [6, 6.07) is 0. The minimum absolute atomic E-state index is 0.140. The molecule has 0 saturated heterocycles. The van der Waals surface area contributed by atoms with Gasteiger partial charge in [-0.15, -0.1) is 0 Å². The van der Waals surface area contributed by atoms with Crippen molar-refractivity contribution in [2.75, 3.05) is 13.2 Å². The fourth-order valence-corrected chi connectivity index (χ4v) is 1.65. The summed E-state index contributed by atoms with van der Waals surface area (Å²) in [5.41, 5.74) is -0.204. The molecule has 3 nitrogen and oxygen atoms in total. The van der Waals surface area contributed by atoms with E-state index in [1.165, 1.54) is 0 Å². The van der Waals surface area contributed by atoms with Crippen LogP contribution in [0.2, 0.25) is 0 Å². The number of hydrogen-bond donors (Lipinski definition) is 1. The Morgan fingerprint density at radius 2 is 1.68 bits per heavy atom. The Kier molecular flexibility index (Phi) is 9.07. The minimum atomic E-state index is -0.204. The van der Waals surface area contributed by atoms with Gasteiger partial charge in [0.05, 0.1) is 5.60 Å². The molecule has 3 heteroatoms. The maximum Gasteiger partial charge on any atom is 0.220 e. The maximum atomic E-state index is 11.7. The first kappa shape index (κ1) is 18.4. The third-order valence-corrected chi connectivity index (χ3v) is 3.19. The first-order valence-corrected chi connectivity index (χ1v) is 7.63. The lowest BCUT2D eigenvalue weighted by molar-refractivity contribution is -0.123. The first-order chi connectivity index (χ1) is 8.73. The number of amides is 1. The van der Waals surface area contributed by atoms with Crippen molar-refractivity contribution < 1.29 is 9.53 Å². The highest BCUT2D eigenvalue weighted by molar-refractivity contribution is 5.75. The van der Waals surface area contributed by atoms with Crippen molar-refractivity contribution in [2.24, 2.45) is 11.8 Å². The molecule has 0 aromatic rings. The summed E-state index contributed by atoms with van der Waals surface area (Å²) in [5, 5.41) is 2.97. The van der Waals surface area contributed by atoms with E-state index in [0.29, 0.717) is 18.3 Å². The summed E-state index contributed by atoms with van der Waals surface area (Å²) >= 11 is 0. The van der Waals surface area contributed by atoms with Crippen LogP contribution in [0.3, 0.4) is 0 Å². The van der Waals surface area contributed by atoms with Crippen LogP contribution in [-0.2, 0) is 9.53 Å². The lowest BCUT2D eigenvalue weighted by Crippen LogP contribution is -2.30. The number of ether oxygens (including phenoxy) is 1. The highest BCUT2D eigenvalue weighted by Crippen LogP contribution is 2.17. The number of nitrogens with one attached hydrogen (secondary N) is 1. The van der Waals surface area contributed by atoms with Crippen LogP contribution in [0.15, 0.2) is 0 Å². The van der Waals surface area contributed by atoms with Gasteiger partial charge in [-0.05, 0) is 44.9 Å². The molecule has 0 radical (unpaired) electrons. The SMILES string of the molecule is CC(C)CCNC(=O)CCC(C)(C)OCCC(C)C. The van der Waals surface area contributed by atoms with E-state index in [1.54, 1.807) is 0 Å². The highest BCUT2D eigenvalue weighted by Gasteiger charge is 2.19. The zero-order valence-electron chi connectivity index (χ0n) is 13.7. The zero-order valence-corrected chi connectivity index (χ0v) is 13.7. The van der Waals surface area contributed by atoms with E-state index >= 15 is 0 Å². The fourth-order valence-electron chi connectivity index (χ4n) is 1.65. The van der Waals surface area contributed by atoms with Gasteiger partial charge in [0.25, 0.3) is 0 Å². The Morgan fingerprint density at radius 1 is 1.11 bits per heavy atom. The molecule has 0 bridgehead atoms. The smallest absolute Gasteiger partial charge is 0.220 e. The van der Waals surface area contributed by atoms with Gasteiger partial charge >= 0.3 is 0 Å². The van der Waals surface area contributed by atoms with Crippen LogP contribution in [-0.4, -0.2) is 24.7 Å². The van der Waals surface area contributed by atoms with Gasteiger partial charge < -0.3 is 10.1 Å². The fraction of sp³-hybridized carbons (Fsp3) is 0.938.